The molecular formula is C19H17ClN2O4. The zero-order chi connectivity index (χ0) is 17.8. The van der Waals surface area contributed by atoms with Gasteiger partial charge in [0.1, 0.15) is 5.56 Å². The molecular weight excluding hydrogens is 356 g/mol. The van der Waals surface area contributed by atoms with Gasteiger partial charge in [-0.2, -0.15) is 0 Å². The molecule has 6 nitrogen and oxygen atoms in total. The first kappa shape index (κ1) is 19.2. The Balaban J connectivity index is 0.00000243. The van der Waals surface area contributed by atoms with Crippen molar-refractivity contribution in [3.63, 3.8) is 0 Å². The molecule has 0 amide bonds. The van der Waals surface area contributed by atoms with E-state index in [2.05, 4.69) is 10.3 Å². The highest BCUT2D eigenvalue weighted by Gasteiger charge is 2.17. The molecule has 0 aliphatic carbocycles. The van der Waals surface area contributed by atoms with Gasteiger partial charge < -0.3 is 15.2 Å². The highest BCUT2D eigenvalue weighted by molar-refractivity contribution is 6.06. The fourth-order valence-corrected chi connectivity index (χ4v) is 2.48. The molecule has 0 spiro atoms. The van der Waals surface area contributed by atoms with Crippen LogP contribution < -0.4 is 5.32 Å². The summed E-state index contributed by atoms with van der Waals surface area (Å²) in [4.78, 5) is 27.5. The van der Waals surface area contributed by atoms with Crippen LogP contribution in [0.1, 0.15) is 27.6 Å². The van der Waals surface area contributed by atoms with Crippen molar-refractivity contribution in [2.75, 3.05) is 11.9 Å². The molecule has 2 N–H and O–H groups in total. The third kappa shape index (κ3) is 3.92. The highest BCUT2D eigenvalue weighted by Crippen LogP contribution is 2.29. The number of aromatic carboxylic acids is 1. The Morgan fingerprint density at radius 1 is 1.12 bits per heavy atom. The van der Waals surface area contributed by atoms with E-state index in [4.69, 9.17) is 9.84 Å². The van der Waals surface area contributed by atoms with Crippen LogP contribution in [0.15, 0.2) is 54.7 Å². The molecule has 1 heterocycles. The predicted octanol–water partition coefficient (Wildman–Crippen LogP) is 4.28. The van der Waals surface area contributed by atoms with E-state index < -0.39 is 11.9 Å². The van der Waals surface area contributed by atoms with Crippen molar-refractivity contribution in [3.05, 3.63) is 65.9 Å². The first-order chi connectivity index (χ1) is 12.1. The average Bonchev–Trinajstić information content (AvgIpc) is 2.62. The molecule has 0 fully saturated rings. The molecule has 0 atom stereocenters. The van der Waals surface area contributed by atoms with Crippen LogP contribution in [0.25, 0.3) is 10.9 Å². The molecule has 0 unspecified atom stereocenters. The number of halogens is 1. The Labute approximate surface area is 156 Å². The number of rotatable bonds is 5. The van der Waals surface area contributed by atoms with Gasteiger partial charge in [0, 0.05) is 17.3 Å². The summed E-state index contributed by atoms with van der Waals surface area (Å²) in [6.07, 6.45) is 1.48. The van der Waals surface area contributed by atoms with Crippen molar-refractivity contribution in [2.24, 2.45) is 0 Å². The zero-order valence-corrected chi connectivity index (χ0v) is 14.7. The van der Waals surface area contributed by atoms with Crippen LogP contribution in [0, 0.1) is 0 Å². The minimum Gasteiger partial charge on any atom is -0.478 e. The van der Waals surface area contributed by atoms with Crippen molar-refractivity contribution < 1.29 is 19.4 Å². The lowest BCUT2D eigenvalue weighted by Gasteiger charge is -2.14. The fraction of sp³-hybridized carbons (Fsp3) is 0.105. The Morgan fingerprint density at radius 3 is 2.46 bits per heavy atom. The lowest BCUT2D eigenvalue weighted by Crippen LogP contribution is -2.09. The number of aromatic nitrogens is 1. The van der Waals surface area contributed by atoms with Crippen molar-refractivity contribution in [1.29, 1.82) is 0 Å². The normalized spacial score (nSPS) is 10.0. The molecule has 0 aliphatic heterocycles. The lowest BCUT2D eigenvalue weighted by atomic mass is 10.1. The standard InChI is InChI=1S/C19H16N2O4.ClH/c1-2-25-19(24)15-11-20-16-6-4-3-5-14(16)17(15)21-13-9-7-12(8-10-13)18(22)23;/h3-11H,2H2,1H3,(H,20,21)(H,22,23);1H. The number of fused-ring (bicyclic) bond motifs is 1. The lowest BCUT2D eigenvalue weighted by molar-refractivity contribution is 0.0526. The van der Waals surface area contributed by atoms with Gasteiger partial charge in [-0.15, -0.1) is 12.4 Å². The number of pyridine rings is 1. The van der Waals surface area contributed by atoms with E-state index in [-0.39, 0.29) is 24.6 Å². The summed E-state index contributed by atoms with van der Waals surface area (Å²) in [6.45, 7) is 2.00. The van der Waals surface area contributed by atoms with Crippen molar-refractivity contribution in [2.45, 2.75) is 6.92 Å². The Hall–Kier alpha value is -3.12. The monoisotopic (exact) mass is 372 g/mol. The van der Waals surface area contributed by atoms with Crippen LogP contribution in [0.2, 0.25) is 0 Å². The molecule has 0 radical (unpaired) electrons. The summed E-state index contributed by atoms with van der Waals surface area (Å²) in [5.41, 5.74) is 2.48. The molecule has 0 bridgehead atoms. The van der Waals surface area contributed by atoms with Gasteiger partial charge in [-0.05, 0) is 37.3 Å². The van der Waals surface area contributed by atoms with Crippen molar-refractivity contribution in [1.82, 2.24) is 4.98 Å². The van der Waals surface area contributed by atoms with Crippen molar-refractivity contribution >= 4 is 46.6 Å². The number of esters is 1. The van der Waals surface area contributed by atoms with Gasteiger partial charge >= 0.3 is 11.9 Å². The third-order valence-electron chi connectivity index (χ3n) is 3.67. The SMILES string of the molecule is CCOC(=O)c1cnc2ccccc2c1Nc1ccc(C(=O)O)cc1.Cl. The molecule has 1 aromatic heterocycles. The fourth-order valence-electron chi connectivity index (χ4n) is 2.48. The molecule has 134 valence electrons. The molecule has 7 heteroatoms. The van der Waals surface area contributed by atoms with E-state index >= 15 is 0 Å². The minimum atomic E-state index is -0.992. The number of carbonyl (C=O) groups is 2. The van der Waals surface area contributed by atoms with Crippen LogP contribution in [0.4, 0.5) is 11.4 Å². The largest absolute Gasteiger partial charge is 0.478 e. The van der Waals surface area contributed by atoms with E-state index in [0.29, 0.717) is 16.9 Å². The summed E-state index contributed by atoms with van der Waals surface area (Å²) < 4.78 is 5.11. The molecule has 26 heavy (non-hydrogen) atoms. The second-order valence-electron chi connectivity index (χ2n) is 5.29. The number of hydrogen-bond acceptors (Lipinski definition) is 5. The minimum absolute atomic E-state index is 0. The number of carbonyl (C=O) groups excluding carboxylic acids is 1. The number of benzene rings is 2. The third-order valence-corrected chi connectivity index (χ3v) is 3.67. The second kappa shape index (κ2) is 8.31. The van der Waals surface area contributed by atoms with E-state index in [0.717, 1.165) is 10.9 Å². The van der Waals surface area contributed by atoms with Crippen LogP contribution in [0.3, 0.4) is 0 Å². The number of carboxylic acids is 1. The van der Waals surface area contributed by atoms with Crippen LogP contribution in [0.5, 0.6) is 0 Å². The Kier molecular flexibility index (Phi) is 6.14. The molecule has 3 aromatic rings. The zero-order valence-electron chi connectivity index (χ0n) is 13.9. The number of carboxylic acid groups (broad SMARTS) is 1. The Morgan fingerprint density at radius 2 is 1.81 bits per heavy atom. The van der Waals surface area contributed by atoms with Crippen molar-refractivity contribution in [3.8, 4) is 0 Å². The number of nitrogens with zero attached hydrogens (tertiary/aromatic N) is 1. The maximum absolute atomic E-state index is 12.3. The number of hydrogen-bond donors (Lipinski definition) is 2. The van der Waals surface area contributed by atoms with Crippen LogP contribution >= 0.6 is 12.4 Å². The molecule has 2 aromatic carbocycles. The first-order valence-electron chi connectivity index (χ1n) is 7.75. The smallest absolute Gasteiger partial charge is 0.341 e. The molecule has 0 saturated carbocycles. The maximum Gasteiger partial charge on any atom is 0.341 e. The summed E-state index contributed by atoms with van der Waals surface area (Å²) in [5.74, 6) is -1.46. The van der Waals surface area contributed by atoms with Gasteiger partial charge in [0.2, 0.25) is 0 Å². The van der Waals surface area contributed by atoms with Gasteiger partial charge in [-0.25, -0.2) is 9.59 Å². The van der Waals surface area contributed by atoms with Gasteiger partial charge in [0.15, 0.2) is 0 Å². The topological polar surface area (TPSA) is 88.5 Å². The summed E-state index contributed by atoms with van der Waals surface area (Å²) >= 11 is 0. The maximum atomic E-state index is 12.3. The number of para-hydroxylation sites is 1. The summed E-state index contributed by atoms with van der Waals surface area (Å²) in [6, 6.07) is 13.7. The Bertz CT molecular complexity index is 942. The molecule has 3 rings (SSSR count). The van der Waals surface area contributed by atoms with Gasteiger partial charge in [-0.3, -0.25) is 4.98 Å². The highest BCUT2D eigenvalue weighted by atomic mass is 35.5. The second-order valence-corrected chi connectivity index (χ2v) is 5.29. The van der Waals surface area contributed by atoms with E-state index in [1.165, 1.54) is 18.3 Å². The van der Waals surface area contributed by atoms with Gasteiger partial charge in [0.25, 0.3) is 0 Å². The quantitative estimate of drug-likeness (QED) is 0.650. The van der Waals surface area contributed by atoms with E-state index in [1.807, 2.05) is 24.3 Å². The number of anilines is 2. The summed E-state index contributed by atoms with van der Waals surface area (Å²) in [7, 11) is 0. The number of ether oxygens (including phenoxy) is 1. The summed E-state index contributed by atoms with van der Waals surface area (Å²) in [5, 5.41) is 13.0. The number of nitrogens with one attached hydrogen (secondary N) is 1. The van der Waals surface area contributed by atoms with E-state index in [9.17, 15) is 9.59 Å². The van der Waals surface area contributed by atoms with Gasteiger partial charge in [-0.1, -0.05) is 18.2 Å². The molecule has 0 aliphatic rings. The van der Waals surface area contributed by atoms with E-state index in [1.54, 1.807) is 19.1 Å². The average molecular weight is 373 g/mol. The predicted molar refractivity (Wildman–Crippen MR) is 102 cm³/mol. The van der Waals surface area contributed by atoms with Gasteiger partial charge in [0.05, 0.1) is 23.4 Å². The molecule has 0 saturated heterocycles. The van der Waals surface area contributed by atoms with Crippen LogP contribution in [-0.4, -0.2) is 28.6 Å². The first-order valence-corrected chi connectivity index (χ1v) is 7.75. The van der Waals surface area contributed by atoms with Crippen LogP contribution in [-0.2, 0) is 4.74 Å².